The van der Waals surface area contributed by atoms with Gasteiger partial charge in [0.2, 0.25) is 5.91 Å². The van der Waals surface area contributed by atoms with Crippen LogP contribution >= 0.6 is 24.0 Å². The summed E-state index contributed by atoms with van der Waals surface area (Å²) < 4.78 is 0. The first kappa shape index (κ1) is 23.1. The number of carbonyl (C=O) groups is 1. The van der Waals surface area contributed by atoms with Gasteiger partial charge in [0.1, 0.15) is 0 Å². The van der Waals surface area contributed by atoms with E-state index in [9.17, 15) is 9.90 Å². The molecule has 0 spiro atoms. The second-order valence-electron chi connectivity index (χ2n) is 6.69. The van der Waals surface area contributed by atoms with Crippen LogP contribution in [0, 0.1) is 0 Å². The van der Waals surface area contributed by atoms with Crippen LogP contribution in [-0.4, -0.2) is 41.6 Å². The minimum atomic E-state index is -0.635. The van der Waals surface area contributed by atoms with Crippen molar-refractivity contribution in [1.82, 2.24) is 15.6 Å². The van der Waals surface area contributed by atoms with E-state index in [1.807, 2.05) is 36.1 Å². The van der Waals surface area contributed by atoms with Crippen LogP contribution in [0.2, 0.25) is 0 Å². The summed E-state index contributed by atoms with van der Waals surface area (Å²) in [6.07, 6.45) is 4.25. The van der Waals surface area contributed by atoms with E-state index >= 15 is 0 Å². The molecule has 1 saturated heterocycles. The van der Waals surface area contributed by atoms with Gasteiger partial charge in [-0.1, -0.05) is 12.1 Å². The Morgan fingerprint density at radius 3 is 2.55 bits per heavy atom. The molecule has 0 aliphatic carbocycles. The molecule has 1 atom stereocenters. The number of pyridine rings is 1. The zero-order chi connectivity index (χ0) is 19.8. The standard InChI is InChI=1S/C21H27N5O2.HI/c1-2-23-21(25-15-19(27)17-9-11-22-12-10-17)24-14-16-5-7-18(8-6-16)26-13-3-4-20(26)28;/h5-12,19,27H,2-4,13-15H2,1H3,(H2,23,24,25);1H. The highest BCUT2D eigenvalue weighted by Crippen LogP contribution is 2.21. The van der Waals surface area contributed by atoms with Crippen LogP contribution in [0.3, 0.4) is 0 Å². The molecule has 2 aromatic rings. The Labute approximate surface area is 188 Å². The molecule has 1 fully saturated rings. The Bertz CT molecular complexity index is 798. The van der Waals surface area contributed by atoms with Gasteiger partial charge >= 0.3 is 0 Å². The van der Waals surface area contributed by atoms with Crippen molar-refractivity contribution in [3.05, 3.63) is 59.9 Å². The molecule has 0 bridgehead atoms. The SMILES string of the molecule is CCNC(=NCc1ccc(N2CCCC2=O)cc1)NCC(O)c1ccncc1.I. The number of rotatable bonds is 7. The third kappa shape index (κ3) is 6.67. The number of aromatic nitrogens is 1. The quantitative estimate of drug-likeness (QED) is 0.304. The van der Waals surface area contributed by atoms with Gasteiger partial charge in [-0.2, -0.15) is 0 Å². The Hall–Kier alpha value is -2.20. The van der Waals surface area contributed by atoms with Gasteiger partial charge in [0, 0.05) is 44.1 Å². The molecule has 1 aromatic heterocycles. The number of aliphatic imine (C=N–C) groups is 1. The van der Waals surface area contributed by atoms with Crippen molar-refractivity contribution in [2.45, 2.75) is 32.4 Å². The molecular weight excluding hydrogens is 481 g/mol. The molecule has 1 unspecified atom stereocenters. The fraction of sp³-hybridized carbons (Fsp3) is 0.381. The highest BCUT2D eigenvalue weighted by Gasteiger charge is 2.21. The number of aliphatic hydroxyl groups excluding tert-OH is 1. The number of benzene rings is 1. The van der Waals surface area contributed by atoms with Crippen LogP contribution < -0.4 is 15.5 Å². The number of amides is 1. The fourth-order valence-electron chi connectivity index (χ4n) is 3.11. The van der Waals surface area contributed by atoms with E-state index in [1.165, 1.54) is 0 Å². The van der Waals surface area contributed by atoms with Crippen molar-refractivity contribution in [1.29, 1.82) is 0 Å². The Morgan fingerprint density at radius 1 is 1.21 bits per heavy atom. The maximum atomic E-state index is 11.8. The Kier molecular flexibility index (Phi) is 9.33. The van der Waals surface area contributed by atoms with Crippen LogP contribution in [0.25, 0.3) is 0 Å². The van der Waals surface area contributed by atoms with E-state index in [2.05, 4.69) is 20.6 Å². The lowest BCUT2D eigenvalue weighted by Gasteiger charge is -2.16. The number of guanidine groups is 1. The maximum absolute atomic E-state index is 11.8. The summed E-state index contributed by atoms with van der Waals surface area (Å²) in [7, 11) is 0. The minimum Gasteiger partial charge on any atom is -0.387 e. The normalized spacial score (nSPS) is 15.0. The Morgan fingerprint density at radius 2 is 1.93 bits per heavy atom. The minimum absolute atomic E-state index is 0. The first-order valence-electron chi connectivity index (χ1n) is 9.67. The van der Waals surface area contributed by atoms with Crippen LogP contribution in [0.5, 0.6) is 0 Å². The summed E-state index contributed by atoms with van der Waals surface area (Å²) in [6, 6.07) is 11.5. The van der Waals surface area contributed by atoms with Crippen LogP contribution in [0.1, 0.15) is 37.0 Å². The summed E-state index contributed by atoms with van der Waals surface area (Å²) in [5.41, 5.74) is 2.81. The monoisotopic (exact) mass is 509 g/mol. The molecule has 3 rings (SSSR count). The maximum Gasteiger partial charge on any atom is 0.227 e. The molecule has 8 heteroatoms. The van der Waals surface area contributed by atoms with E-state index in [-0.39, 0.29) is 29.9 Å². The molecule has 7 nitrogen and oxygen atoms in total. The zero-order valence-electron chi connectivity index (χ0n) is 16.5. The van der Waals surface area contributed by atoms with Crippen molar-refractivity contribution in [2.24, 2.45) is 4.99 Å². The lowest BCUT2D eigenvalue weighted by atomic mass is 10.1. The van der Waals surface area contributed by atoms with Gasteiger partial charge < -0.3 is 20.6 Å². The lowest BCUT2D eigenvalue weighted by molar-refractivity contribution is -0.117. The molecule has 1 aromatic carbocycles. The molecule has 1 amide bonds. The molecule has 3 N–H and O–H groups in total. The number of anilines is 1. The number of nitrogens with zero attached hydrogens (tertiary/aromatic N) is 3. The van der Waals surface area contributed by atoms with E-state index in [0.29, 0.717) is 25.5 Å². The largest absolute Gasteiger partial charge is 0.387 e. The Balaban J connectivity index is 0.00000300. The third-order valence-electron chi connectivity index (χ3n) is 4.64. The second-order valence-corrected chi connectivity index (χ2v) is 6.69. The average Bonchev–Trinajstić information content (AvgIpc) is 3.16. The smallest absolute Gasteiger partial charge is 0.227 e. The van der Waals surface area contributed by atoms with Gasteiger partial charge in [0.15, 0.2) is 5.96 Å². The van der Waals surface area contributed by atoms with Gasteiger partial charge in [-0.05, 0) is 48.7 Å². The van der Waals surface area contributed by atoms with E-state index in [0.717, 1.165) is 36.3 Å². The summed E-state index contributed by atoms with van der Waals surface area (Å²) in [4.78, 5) is 22.2. The molecule has 156 valence electrons. The van der Waals surface area contributed by atoms with Crippen molar-refractivity contribution in [3.63, 3.8) is 0 Å². The number of hydrogen-bond acceptors (Lipinski definition) is 4. The fourth-order valence-corrected chi connectivity index (χ4v) is 3.11. The predicted molar refractivity (Wildman–Crippen MR) is 125 cm³/mol. The van der Waals surface area contributed by atoms with Gasteiger partial charge in [-0.25, -0.2) is 4.99 Å². The summed E-state index contributed by atoms with van der Waals surface area (Å²) >= 11 is 0. The molecule has 29 heavy (non-hydrogen) atoms. The van der Waals surface area contributed by atoms with E-state index < -0.39 is 6.10 Å². The van der Waals surface area contributed by atoms with Crippen molar-refractivity contribution >= 4 is 41.5 Å². The third-order valence-corrected chi connectivity index (χ3v) is 4.64. The van der Waals surface area contributed by atoms with E-state index in [1.54, 1.807) is 24.5 Å². The van der Waals surface area contributed by atoms with Crippen molar-refractivity contribution < 1.29 is 9.90 Å². The van der Waals surface area contributed by atoms with Gasteiger partial charge in [-0.3, -0.25) is 9.78 Å². The number of halogens is 1. The first-order valence-corrected chi connectivity index (χ1v) is 9.67. The molecule has 0 radical (unpaired) electrons. The number of aliphatic hydroxyl groups is 1. The van der Waals surface area contributed by atoms with Crippen LogP contribution in [0.4, 0.5) is 5.69 Å². The lowest BCUT2D eigenvalue weighted by Crippen LogP contribution is -2.39. The van der Waals surface area contributed by atoms with Gasteiger partial charge in [-0.15, -0.1) is 24.0 Å². The number of carbonyl (C=O) groups excluding carboxylic acids is 1. The molecule has 1 aliphatic rings. The van der Waals surface area contributed by atoms with Crippen LogP contribution in [-0.2, 0) is 11.3 Å². The van der Waals surface area contributed by atoms with Gasteiger partial charge in [0.05, 0.1) is 12.6 Å². The summed E-state index contributed by atoms with van der Waals surface area (Å²) in [5, 5.41) is 16.6. The van der Waals surface area contributed by atoms with E-state index in [4.69, 9.17) is 0 Å². The molecule has 1 aliphatic heterocycles. The van der Waals surface area contributed by atoms with Gasteiger partial charge in [0.25, 0.3) is 0 Å². The summed E-state index contributed by atoms with van der Waals surface area (Å²) in [6.45, 7) is 4.39. The molecular formula is C21H28IN5O2. The second kappa shape index (κ2) is 11.7. The van der Waals surface area contributed by atoms with Crippen molar-refractivity contribution in [3.8, 4) is 0 Å². The topological polar surface area (TPSA) is 89.9 Å². The number of nitrogens with one attached hydrogen (secondary N) is 2. The van der Waals surface area contributed by atoms with Crippen LogP contribution in [0.15, 0.2) is 53.8 Å². The predicted octanol–water partition coefficient (Wildman–Crippen LogP) is 2.62. The number of hydrogen-bond donors (Lipinski definition) is 3. The van der Waals surface area contributed by atoms with Crippen molar-refractivity contribution in [2.75, 3.05) is 24.5 Å². The average molecular weight is 509 g/mol. The highest BCUT2D eigenvalue weighted by atomic mass is 127. The first-order chi connectivity index (χ1) is 13.7. The zero-order valence-corrected chi connectivity index (χ0v) is 18.9. The summed E-state index contributed by atoms with van der Waals surface area (Å²) in [5.74, 6) is 0.839. The molecule has 2 heterocycles. The highest BCUT2D eigenvalue weighted by molar-refractivity contribution is 14.0. The molecule has 0 saturated carbocycles.